The Morgan fingerprint density at radius 1 is 1.17 bits per heavy atom. The van der Waals surface area contributed by atoms with E-state index in [-0.39, 0.29) is 29.5 Å². The summed E-state index contributed by atoms with van der Waals surface area (Å²) in [6.45, 7) is 8.98. The molecule has 0 bridgehead atoms. The first-order chi connectivity index (χ1) is 16.5. The largest absolute Gasteiger partial charge is 0.508 e. The maximum atomic E-state index is 13.8. The second kappa shape index (κ2) is 13.0. The zero-order valence-corrected chi connectivity index (χ0v) is 22.4. The van der Waals surface area contributed by atoms with Crippen molar-refractivity contribution in [2.45, 2.75) is 103 Å². The molecule has 1 aromatic rings. The molecule has 0 radical (unpaired) electrons. The number of aromatic hydroxyl groups is 1. The van der Waals surface area contributed by atoms with Gasteiger partial charge in [0.25, 0.3) is 0 Å². The van der Waals surface area contributed by atoms with Gasteiger partial charge in [-0.15, -0.1) is 0 Å². The summed E-state index contributed by atoms with van der Waals surface area (Å²) in [5.74, 6) is -0.864. The van der Waals surface area contributed by atoms with Crippen LogP contribution in [0.2, 0.25) is 0 Å². The monoisotopic (exact) mass is 507 g/mol. The molecule has 2 rings (SSSR count). The third kappa shape index (κ3) is 8.33. The first-order valence-corrected chi connectivity index (χ1v) is 13.1. The average Bonchev–Trinajstić information content (AvgIpc) is 2.80. The van der Waals surface area contributed by atoms with Crippen LogP contribution in [0.15, 0.2) is 24.3 Å². The van der Waals surface area contributed by atoms with Crippen LogP contribution in [-0.4, -0.2) is 57.4 Å². The van der Waals surface area contributed by atoms with E-state index in [9.17, 15) is 19.5 Å². The molecule has 9 heteroatoms. The minimum Gasteiger partial charge on any atom is -0.508 e. The Morgan fingerprint density at radius 3 is 2.34 bits per heavy atom. The summed E-state index contributed by atoms with van der Waals surface area (Å²) in [6, 6.07) is 4.15. The van der Waals surface area contributed by atoms with Crippen molar-refractivity contribution in [2.75, 3.05) is 5.75 Å². The maximum absolute atomic E-state index is 13.8. The number of phenols is 1. The Labute approximate surface area is 214 Å². The zero-order valence-electron chi connectivity index (χ0n) is 21.5. The number of thiol groups is 1. The molecule has 1 fully saturated rings. The molecule has 35 heavy (non-hydrogen) atoms. The standard InChI is InChI=1S/C26H41N3O5S/c1-6-17(2)29(24(32)20(16-35)28-25(33)34-26(3,4)5)22(19-14-10-11-15-21(19)30)23(31)27-18-12-8-7-9-13-18/h10-11,14-15,17-18,20,22,30,35H,6-9,12-13,16H2,1-5H3,(H,27,31)(H,28,33). The number of carbonyl (C=O) groups is 3. The van der Waals surface area contributed by atoms with Crippen molar-refractivity contribution < 1.29 is 24.2 Å². The summed E-state index contributed by atoms with van der Waals surface area (Å²) in [4.78, 5) is 41.4. The number of nitrogens with zero attached hydrogens (tertiary/aromatic N) is 1. The fourth-order valence-electron chi connectivity index (χ4n) is 4.27. The Morgan fingerprint density at radius 2 is 1.80 bits per heavy atom. The van der Waals surface area contributed by atoms with E-state index in [1.165, 1.54) is 11.0 Å². The number of phenolic OH excluding ortho intramolecular Hbond substituents is 1. The predicted octanol–water partition coefficient (Wildman–Crippen LogP) is 4.33. The van der Waals surface area contributed by atoms with Gasteiger partial charge in [0.1, 0.15) is 23.4 Å². The summed E-state index contributed by atoms with van der Waals surface area (Å²) in [5.41, 5.74) is -0.396. The maximum Gasteiger partial charge on any atom is 0.408 e. The molecule has 1 saturated carbocycles. The van der Waals surface area contributed by atoms with Crippen LogP contribution in [0.5, 0.6) is 5.75 Å². The van der Waals surface area contributed by atoms with E-state index in [4.69, 9.17) is 4.74 Å². The van der Waals surface area contributed by atoms with Gasteiger partial charge in [0.15, 0.2) is 0 Å². The van der Waals surface area contributed by atoms with E-state index in [2.05, 4.69) is 23.3 Å². The Bertz CT molecular complexity index is 867. The average molecular weight is 508 g/mol. The molecule has 1 aromatic carbocycles. The van der Waals surface area contributed by atoms with Crippen molar-refractivity contribution in [2.24, 2.45) is 0 Å². The Kier molecular flexibility index (Phi) is 10.7. The number of carbonyl (C=O) groups excluding carboxylic acids is 3. The van der Waals surface area contributed by atoms with E-state index < -0.39 is 29.7 Å². The van der Waals surface area contributed by atoms with Crippen LogP contribution in [-0.2, 0) is 14.3 Å². The number of nitrogens with one attached hydrogen (secondary N) is 2. The second-order valence-electron chi connectivity index (χ2n) is 10.2. The molecule has 3 atom stereocenters. The number of hydrogen-bond acceptors (Lipinski definition) is 6. The number of rotatable bonds is 9. The number of para-hydroxylation sites is 1. The van der Waals surface area contributed by atoms with Gasteiger partial charge >= 0.3 is 6.09 Å². The van der Waals surface area contributed by atoms with E-state index in [0.29, 0.717) is 12.0 Å². The number of alkyl carbamates (subject to hydrolysis) is 1. The van der Waals surface area contributed by atoms with E-state index in [0.717, 1.165) is 32.1 Å². The van der Waals surface area contributed by atoms with Crippen LogP contribution in [0.25, 0.3) is 0 Å². The molecule has 0 saturated heterocycles. The molecule has 0 spiro atoms. The molecular weight excluding hydrogens is 466 g/mol. The highest BCUT2D eigenvalue weighted by atomic mass is 32.1. The fourth-order valence-corrected chi connectivity index (χ4v) is 4.52. The third-order valence-electron chi connectivity index (χ3n) is 6.20. The number of benzene rings is 1. The van der Waals surface area contributed by atoms with Gasteiger partial charge in [0, 0.05) is 23.4 Å². The number of hydrogen-bond donors (Lipinski definition) is 4. The SMILES string of the molecule is CCC(C)N(C(=O)C(CS)NC(=O)OC(C)(C)C)C(C(=O)NC1CCCCC1)c1ccccc1O. The molecule has 1 aliphatic carbocycles. The van der Waals surface area contributed by atoms with Crippen molar-refractivity contribution in [3.05, 3.63) is 29.8 Å². The first kappa shape index (κ1) is 28.8. The van der Waals surface area contributed by atoms with Crippen molar-refractivity contribution in [1.29, 1.82) is 0 Å². The number of ether oxygens (including phenoxy) is 1. The minimum atomic E-state index is -1.07. The van der Waals surface area contributed by atoms with Gasteiger partial charge in [-0.2, -0.15) is 12.6 Å². The highest BCUT2D eigenvalue weighted by Crippen LogP contribution is 2.32. The lowest BCUT2D eigenvalue weighted by atomic mass is 9.94. The smallest absolute Gasteiger partial charge is 0.408 e. The molecule has 0 aliphatic heterocycles. The molecule has 3 amide bonds. The quantitative estimate of drug-likeness (QED) is 0.372. The van der Waals surface area contributed by atoms with Gasteiger partial charge in [0.2, 0.25) is 11.8 Å². The molecule has 1 aliphatic rings. The third-order valence-corrected chi connectivity index (χ3v) is 6.57. The normalized spacial score (nSPS) is 17.1. The van der Waals surface area contributed by atoms with Gasteiger partial charge in [-0.3, -0.25) is 9.59 Å². The zero-order chi connectivity index (χ0) is 26.2. The lowest BCUT2D eigenvalue weighted by Gasteiger charge is -2.39. The van der Waals surface area contributed by atoms with Crippen molar-refractivity contribution in [3.8, 4) is 5.75 Å². The molecule has 0 aromatic heterocycles. The lowest BCUT2D eigenvalue weighted by Crippen LogP contribution is -2.56. The highest BCUT2D eigenvalue weighted by Gasteiger charge is 2.39. The van der Waals surface area contributed by atoms with Gasteiger partial charge in [-0.05, 0) is 53.0 Å². The summed E-state index contributed by atoms with van der Waals surface area (Å²) in [7, 11) is 0. The van der Waals surface area contributed by atoms with Crippen molar-refractivity contribution in [3.63, 3.8) is 0 Å². The number of amides is 3. The molecule has 8 nitrogen and oxygen atoms in total. The van der Waals surface area contributed by atoms with E-state index >= 15 is 0 Å². The van der Waals surface area contributed by atoms with Crippen molar-refractivity contribution in [1.82, 2.24) is 15.5 Å². The molecule has 196 valence electrons. The van der Waals surface area contributed by atoms with E-state index in [1.54, 1.807) is 39.0 Å². The summed E-state index contributed by atoms with van der Waals surface area (Å²) in [5, 5.41) is 16.4. The predicted molar refractivity (Wildman–Crippen MR) is 139 cm³/mol. The Hall–Kier alpha value is -2.42. The highest BCUT2D eigenvalue weighted by molar-refractivity contribution is 7.80. The van der Waals surface area contributed by atoms with E-state index in [1.807, 2.05) is 13.8 Å². The second-order valence-corrected chi connectivity index (χ2v) is 10.6. The molecule has 0 heterocycles. The topological polar surface area (TPSA) is 108 Å². The summed E-state index contributed by atoms with van der Waals surface area (Å²) >= 11 is 4.30. The van der Waals surface area contributed by atoms with Crippen LogP contribution >= 0.6 is 12.6 Å². The van der Waals surface area contributed by atoms with Crippen LogP contribution in [0.3, 0.4) is 0 Å². The Balaban J connectivity index is 2.43. The van der Waals surface area contributed by atoms with Gasteiger partial charge in [0.05, 0.1) is 0 Å². The minimum absolute atomic E-state index is 0.0166. The summed E-state index contributed by atoms with van der Waals surface area (Å²) in [6.07, 6.45) is 4.83. The van der Waals surface area contributed by atoms with Crippen LogP contribution < -0.4 is 10.6 Å². The van der Waals surface area contributed by atoms with Crippen molar-refractivity contribution >= 4 is 30.5 Å². The van der Waals surface area contributed by atoms with Crippen LogP contribution in [0, 0.1) is 0 Å². The van der Waals surface area contributed by atoms with Crippen LogP contribution in [0.4, 0.5) is 4.79 Å². The fraction of sp³-hybridized carbons (Fsp3) is 0.654. The first-order valence-electron chi connectivity index (χ1n) is 12.5. The molecular formula is C26H41N3O5S. The van der Waals surface area contributed by atoms with Gasteiger partial charge in [-0.25, -0.2) is 4.79 Å². The molecule has 3 unspecified atom stereocenters. The van der Waals surface area contributed by atoms with Gasteiger partial charge in [-0.1, -0.05) is 44.4 Å². The lowest BCUT2D eigenvalue weighted by molar-refractivity contribution is -0.145. The summed E-state index contributed by atoms with van der Waals surface area (Å²) < 4.78 is 5.32. The van der Waals surface area contributed by atoms with Crippen LogP contribution in [0.1, 0.15) is 84.7 Å². The molecule has 3 N–H and O–H groups in total. The van der Waals surface area contributed by atoms with Gasteiger partial charge < -0.3 is 25.4 Å².